The van der Waals surface area contributed by atoms with Crippen molar-refractivity contribution in [3.05, 3.63) is 94.7 Å². The lowest BCUT2D eigenvalue weighted by atomic mass is 9.86. The Morgan fingerprint density at radius 2 is 1.89 bits per heavy atom. The van der Waals surface area contributed by atoms with Crippen molar-refractivity contribution in [2.45, 2.75) is 32.8 Å². The fourth-order valence-electron chi connectivity index (χ4n) is 4.59. The Labute approximate surface area is 205 Å². The van der Waals surface area contributed by atoms with Crippen molar-refractivity contribution in [2.24, 2.45) is 0 Å². The third-order valence-corrected chi connectivity index (χ3v) is 6.30. The highest BCUT2D eigenvalue weighted by Crippen LogP contribution is 2.40. The number of aromatic nitrogens is 6. The van der Waals surface area contributed by atoms with Crippen LogP contribution in [-0.2, 0) is 11.4 Å². The number of ether oxygens (including phenoxy) is 1. The molecule has 4 heterocycles. The maximum Gasteiger partial charge on any atom is 0.226 e. The van der Waals surface area contributed by atoms with E-state index in [1.165, 1.54) is 12.1 Å². The van der Waals surface area contributed by atoms with Gasteiger partial charge in [0.2, 0.25) is 5.91 Å². The summed E-state index contributed by atoms with van der Waals surface area (Å²) in [7, 11) is 0. The molecule has 0 aliphatic carbocycles. The minimum absolute atomic E-state index is 0.0957. The van der Waals surface area contributed by atoms with Gasteiger partial charge in [0.15, 0.2) is 17.3 Å². The molecule has 3 aromatic heterocycles. The van der Waals surface area contributed by atoms with Gasteiger partial charge < -0.3 is 10.1 Å². The third-order valence-electron chi connectivity index (χ3n) is 6.30. The molecule has 6 rings (SSSR count). The first-order chi connectivity index (χ1) is 17.5. The summed E-state index contributed by atoms with van der Waals surface area (Å²) in [5, 5.41) is 20.4. The molecule has 0 fully saturated rings. The van der Waals surface area contributed by atoms with E-state index in [9.17, 15) is 9.18 Å². The molecule has 0 saturated heterocycles. The van der Waals surface area contributed by atoms with Gasteiger partial charge in [-0.15, -0.1) is 15.3 Å². The van der Waals surface area contributed by atoms with Crippen LogP contribution >= 0.6 is 0 Å². The predicted molar refractivity (Wildman–Crippen MR) is 130 cm³/mol. The van der Waals surface area contributed by atoms with Gasteiger partial charge in [0.1, 0.15) is 24.0 Å². The van der Waals surface area contributed by atoms with Crippen LogP contribution in [0.15, 0.2) is 60.7 Å². The lowest BCUT2D eigenvalue weighted by molar-refractivity contribution is -0.116. The monoisotopic (exact) mass is 483 g/mol. The van der Waals surface area contributed by atoms with Crippen LogP contribution in [-0.4, -0.2) is 35.5 Å². The second kappa shape index (κ2) is 8.56. The summed E-state index contributed by atoms with van der Waals surface area (Å²) >= 11 is 0. The molecule has 10 heteroatoms. The van der Waals surface area contributed by atoms with Crippen molar-refractivity contribution in [2.75, 3.05) is 5.32 Å². The predicted octanol–water partition coefficient (Wildman–Crippen LogP) is 4.12. The summed E-state index contributed by atoms with van der Waals surface area (Å²) in [6.07, 6.45) is 0.306. The molecule has 1 aliphatic rings. The molecule has 1 aliphatic heterocycles. The van der Waals surface area contributed by atoms with Gasteiger partial charge in [-0.25, -0.2) is 4.39 Å². The van der Waals surface area contributed by atoms with Crippen LogP contribution in [0.4, 0.5) is 10.2 Å². The van der Waals surface area contributed by atoms with Gasteiger partial charge in [-0.1, -0.05) is 24.3 Å². The van der Waals surface area contributed by atoms with Crippen molar-refractivity contribution in [3.8, 4) is 11.6 Å². The van der Waals surface area contributed by atoms with Crippen LogP contribution in [0.5, 0.6) is 5.75 Å². The van der Waals surface area contributed by atoms with E-state index in [1.807, 2.05) is 50.2 Å². The molecule has 2 aromatic carbocycles. The van der Waals surface area contributed by atoms with Gasteiger partial charge in [0.05, 0.1) is 5.69 Å². The van der Waals surface area contributed by atoms with E-state index in [0.717, 1.165) is 22.4 Å². The van der Waals surface area contributed by atoms with Crippen LogP contribution in [0, 0.1) is 19.7 Å². The summed E-state index contributed by atoms with van der Waals surface area (Å²) < 4.78 is 22.5. The zero-order valence-electron chi connectivity index (χ0n) is 19.6. The second-order valence-electron chi connectivity index (χ2n) is 8.76. The Hall–Kier alpha value is -4.60. The smallest absolute Gasteiger partial charge is 0.226 e. The van der Waals surface area contributed by atoms with Gasteiger partial charge in [-0.2, -0.15) is 14.3 Å². The number of anilines is 1. The van der Waals surface area contributed by atoms with Crippen LogP contribution in [0.25, 0.3) is 11.5 Å². The summed E-state index contributed by atoms with van der Waals surface area (Å²) in [5.74, 6) is 1.93. The van der Waals surface area contributed by atoms with E-state index in [4.69, 9.17) is 9.84 Å². The molecule has 0 saturated carbocycles. The quantitative estimate of drug-likeness (QED) is 0.404. The number of carbonyl (C=O) groups is 1. The molecule has 0 radical (unpaired) electrons. The van der Waals surface area contributed by atoms with E-state index >= 15 is 0 Å². The van der Waals surface area contributed by atoms with E-state index in [0.29, 0.717) is 35.3 Å². The number of carbonyl (C=O) groups excluding carboxylic acids is 1. The number of rotatable bonds is 5. The van der Waals surface area contributed by atoms with Crippen molar-refractivity contribution >= 4 is 17.4 Å². The average Bonchev–Trinajstić information content (AvgIpc) is 3.42. The molecule has 0 bridgehead atoms. The number of nitrogens with zero attached hydrogens (tertiary/aromatic N) is 6. The number of fused-ring (bicyclic) bond motifs is 2. The zero-order valence-corrected chi connectivity index (χ0v) is 19.6. The third kappa shape index (κ3) is 3.86. The van der Waals surface area contributed by atoms with Gasteiger partial charge in [0, 0.05) is 17.9 Å². The molecule has 36 heavy (non-hydrogen) atoms. The first-order valence-electron chi connectivity index (χ1n) is 11.5. The van der Waals surface area contributed by atoms with E-state index in [1.54, 1.807) is 21.3 Å². The lowest BCUT2D eigenvalue weighted by Gasteiger charge is -2.24. The first kappa shape index (κ1) is 21.9. The molecule has 1 N–H and O–H groups in total. The van der Waals surface area contributed by atoms with Gasteiger partial charge in [-0.3, -0.25) is 4.79 Å². The molecular formula is C26H22FN7O2. The minimum Gasteiger partial charge on any atom is -0.489 e. The Morgan fingerprint density at radius 1 is 1.06 bits per heavy atom. The summed E-state index contributed by atoms with van der Waals surface area (Å²) in [6.45, 7) is 4.02. The molecule has 180 valence electrons. The second-order valence-corrected chi connectivity index (χ2v) is 8.76. The molecule has 0 unspecified atom stereocenters. The number of hydrogen-bond donors (Lipinski definition) is 1. The Kier molecular flexibility index (Phi) is 5.21. The Bertz CT molecular complexity index is 1610. The topological polar surface area (TPSA) is 99.2 Å². The SMILES string of the molecule is Cc1nn(-c2ccc3nnc(C)n3n2)c2c1[C@H](c1ccc(OCc3cccc(F)c3)cc1)CC(=O)N2. The maximum atomic E-state index is 13.4. The highest BCUT2D eigenvalue weighted by atomic mass is 19.1. The van der Waals surface area contributed by atoms with E-state index < -0.39 is 0 Å². The average molecular weight is 484 g/mol. The van der Waals surface area contributed by atoms with Crippen LogP contribution < -0.4 is 10.1 Å². The number of hydrogen-bond acceptors (Lipinski definition) is 6. The van der Waals surface area contributed by atoms with Crippen molar-refractivity contribution in [3.63, 3.8) is 0 Å². The van der Waals surface area contributed by atoms with Crippen LogP contribution in [0.2, 0.25) is 0 Å². The van der Waals surface area contributed by atoms with Gasteiger partial charge >= 0.3 is 0 Å². The molecule has 5 aromatic rings. The molecule has 1 atom stereocenters. The minimum atomic E-state index is -0.291. The number of halogens is 1. The largest absolute Gasteiger partial charge is 0.489 e. The fraction of sp³-hybridized carbons (Fsp3) is 0.192. The normalized spacial score (nSPS) is 15.1. The number of amides is 1. The number of benzene rings is 2. The summed E-state index contributed by atoms with van der Waals surface area (Å²) in [4.78, 5) is 12.7. The van der Waals surface area contributed by atoms with Crippen LogP contribution in [0.3, 0.4) is 0 Å². The number of nitrogens with one attached hydrogen (secondary N) is 1. The highest BCUT2D eigenvalue weighted by Gasteiger charge is 2.33. The standard InChI is InChI=1S/C26H22FN7O2/c1-15-25-21(18-6-8-20(9-7-18)36-14-17-4-3-5-19(27)12-17)13-24(35)28-26(25)34(31-15)23-11-10-22-30-29-16(2)33(22)32-23/h3-12,21H,13-14H2,1-2H3,(H,28,35)/t21-/m0/s1. The maximum absolute atomic E-state index is 13.4. The number of aryl methyl sites for hydroxylation is 2. The Balaban J connectivity index is 1.30. The van der Waals surface area contributed by atoms with Crippen molar-refractivity contribution < 1.29 is 13.9 Å². The highest BCUT2D eigenvalue weighted by molar-refractivity contribution is 5.95. The molecule has 1 amide bonds. The van der Waals surface area contributed by atoms with Crippen molar-refractivity contribution in [1.29, 1.82) is 0 Å². The van der Waals surface area contributed by atoms with Crippen LogP contribution in [0.1, 0.15) is 40.5 Å². The van der Waals surface area contributed by atoms with Crippen molar-refractivity contribution in [1.82, 2.24) is 29.6 Å². The van der Waals surface area contributed by atoms with E-state index in [-0.39, 0.29) is 24.2 Å². The Morgan fingerprint density at radius 3 is 2.69 bits per heavy atom. The van der Waals surface area contributed by atoms with Gasteiger partial charge in [-0.05, 0) is 61.4 Å². The molecule has 9 nitrogen and oxygen atoms in total. The summed E-state index contributed by atoms with van der Waals surface area (Å²) in [5.41, 5.74) is 4.12. The fourth-order valence-corrected chi connectivity index (χ4v) is 4.59. The zero-order chi connectivity index (χ0) is 24.8. The molecular weight excluding hydrogens is 461 g/mol. The molecule has 0 spiro atoms. The first-order valence-corrected chi connectivity index (χ1v) is 11.5. The lowest BCUT2D eigenvalue weighted by Crippen LogP contribution is -2.25. The van der Waals surface area contributed by atoms with E-state index in [2.05, 4.69) is 20.6 Å². The summed E-state index contributed by atoms with van der Waals surface area (Å²) in [6, 6.07) is 17.6. The van der Waals surface area contributed by atoms with Gasteiger partial charge in [0.25, 0.3) is 0 Å².